The normalized spacial score (nSPS) is 18.5. The van der Waals surface area contributed by atoms with Gasteiger partial charge in [0.05, 0.1) is 5.69 Å². The molecule has 15 heavy (non-hydrogen) atoms. The molecule has 0 bridgehead atoms. The van der Waals surface area contributed by atoms with Crippen LogP contribution in [-0.2, 0) is 14.3 Å². The first kappa shape index (κ1) is 9.45. The van der Waals surface area contributed by atoms with Crippen molar-refractivity contribution in [3.05, 3.63) is 42.3 Å². The van der Waals surface area contributed by atoms with Gasteiger partial charge in [-0.05, 0) is 25.1 Å². The molecule has 0 aliphatic carbocycles. The lowest BCUT2D eigenvalue weighted by atomic mass is 10.3. The van der Waals surface area contributed by atoms with Crippen LogP contribution in [0.25, 0.3) is 0 Å². The molecule has 2 rings (SSSR count). The van der Waals surface area contributed by atoms with Crippen molar-refractivity contribution in [1.82, 2.24) is 0 Å². The molecule has 1 aliphatic heterocycles. The number of nitrogens with zero attached hydrogens (tertiary/aromatic N) is 1. The van der Waals surface area contributed by atoms with E-state index in [2.05, 4.69) is 0 Å². The van der Waals surface area contributed by atoms with E-state index in [1.54, 1.807) is 37.3 Å². The van der Waals surface area contributed by atoms with E-state index in [0.29, 0.717) is 5.69 Å². The van der Waals surface area contributed by atoms with Crippen LogP contribution in [0.1, 0.15) is 6.92 Å². The maximum atomic E-state index is 11.5. The Hall–Kier alpha value is -2.10. The molecule has 0 unspecified atom stereocenters. The molecule has 1 heterocycles. The van der Waals surface area contributed by atoms with Crippen LogP contribution in [0.3, 0.4) is 0 Å². The number of allylic oxidation sites excluding steroid dienone is 1. The number of benzene rings is 1. The van der Waals surface area contributed by atoms with Crippen molar-refractivity contribution in [2.24, 2.45) is 0 Å². The maximum Gasteiger partial charge on any atom is 0.404 e. The molecule has 0 aromatic heterocycles. The minimum atomic E-state index is -0.841. The van der Waals surface area contributed by atoms with Gasteiger partial charge in [-0.1, -0.05) is 18.2 Å². The van der Waals surface area contributed by atoms with Crippen molar-refractivity contribution >= 4 is 17.6 Å². The average Bonchev–Trinajstić information content (AvgIpc) is 2.56. The van der Waals surface area contributed by atoms with Gasteiger partial charge in [-0.3, -0.25) is 4.79 Å². The van der Waals surface area contributed by atoms with Crippen molar-refractivity contribution in [2.45, 2.75) is 6.92 Å². The van der Waals surface area contributed by atoms with Crippen LogP contribution >= 0.6 is 0 Å². The monoisotopic (exact) mass is 203 g/mol. The Morgan fingerprint density at radius 3 is 2.47 bits per heavy atom. The SMILES string of the molecule is CC=C1OC(=O)C(=O)N1c1ccccc1. The number of carbonyl (C=O) groups is 2. The number of rotatable bonds is 1. The maximum absolute atomic E-state index is 11.5. The number of ether oxygens (including phenoxy) is 1. The van der Waals surface area contributed by atoms with Crippen molar-refractivity contribution in [3.8, 4) is 0 Å². The summed E-state index contributed by atoms with van der Waals surface area (Å²) < 4.78 is 4.79. The number of hydrogen-bond donors (Lipinski definition) is 0. The Bertz CT molecular complexity index is 436. The first-order chi connectivity index (χ1) is 7.24. The smallest absolute Gasteiger partial charge is 0.402 e. The molecule has 1 saturated heterocycles. The number of amides is 1. The second kappa shape index (κ2) is 3.57. The average molecular weight is 203 g/mol. The number of para-hydroxylation sites is 1. The predicted octanol–water partition coefficient (Wildman–Crippen LogP) is 1.44. The molecular weight excluding hydrogens is 194 g/mol. The van der Waals surface area contributed by atoms with Crippen LogP contribution < -0.4 is 4.90 Å². The third-order valence-corrected chi connectivity index (χ3v) is 2.06. The van der Waals surface area contributed by atoms with Crippen molar-refractivity contribution in [1.29, 1.82) is 0 Å². The fourth-order valence-corrected chi connectivity index (χ4v) is 1.39. The highest BCUT2D eigenvalue weighted by atomic mass is 16.6. The summed E-state index contributed by atoms with van der Waals surface area (Å²) in [5.74, 6) is -1.24. The van der Waals surface area contributed by atoms with Gasteiger partial charge >= 0.3 is 11.9 Å². The minimum Gasteiger partial charge on any atom is -0.402 e. The summed E-state index contributed by atoms with van der Waals surface area (Å²) >= 11 is 0. The molecule has 0 saturated carbocycles. The summed E-state index contributed by atoms with van der Waals surface area (Å²) in [6.07, 6.45) is 1.58. The lowest BCUT2D eigenvalue weighted by Gasteiger charge is -2.13. The molecule has 76 valence electrons. The highest BCUT2D eigenvalue weighted by Gasteiger charge is 2.37. The molecule has 1 aromatic carbocycles. The molecule has 1 fully saturated rings. The third kappa shape index (κ3) is 1.50. The number of esters is 1. The lowest BCUT2D eigenvalue weighted by Crippen LogP contribution is -2.25. The summed E-state index contributed by atoms with van der Waals surface area (Å²) in [6, 6.07) is 8.89. The summed E-state index contributed by atoms with van der Waals surface area (Å²) in [5.41, 5.74) is 0.626. The third-order valence-electron chi connectivity index (χ3n) is 2.06. The molecule has 4 nitrogen and oxygen atoms in total. The standard InChI is InChI=1S/C11H9NO3/c1-2-9-12(10(13)11(14)15-9)8-6-4-3-5-7-8/h2-7H,1H3. The zero-order valence-electron chi connectivity index (χ0n) is 8.14. The van der Waals surface area contributed by atoms with Crippen LogP contribution in [0.15, 0.2) is 42.3 Å². The first-order valence-corrected chi connectivity index (χ1v) is 4.51. The Balaban J connectivity index is 2.44. The van der Waals surface area contributed by atoms with E-state index in [0.717, 1.165) is 0 Å². The molecule has 1 aliphatic rings. The Kier molecular flexibility index (Phi) is 2.25. The topological polar surface area (TPSA) is 46.6 Å². The van der Waals surface area contributed by atoms with Crippen LogP contribution in [0, 0.1) is 0 Å². The van der Waals surface area contributed by atoms with Gasteiger partial charge in [-0.25, -0.2) is 9.69 Å². The van der Waals surface area contributed by atoms with Crippen molar-refractivity contribution < 1.29 is 14.3 Å². The Labute approximate surface area is 86.8 Å². The second-order valence-corrected chi connectivity index (χ2v) is 2.99. The number of anilines is 1. The summed E-state index contributed by atoms with van der Waals surface area (Å²) in [5, 5.41) is 0. The summed E-state index contributed by atoms with van der Waals surface area (Å²) in [7, 11) is 0. The first-order valence-electron chi connectivity index (χ1n) is 4.51. The van der Waals surface area contributed by atoms with Crippen LogP contribution in [0.5, 0.6) is 0 Å². The molecule has 0 N–H and O–H groups in total. The predicted molar refractivity (Wildman–Crippen MR) is 53.8 cm³/mol. The number of carbonyl (C=O) groups excluding carboxylic acids is 2. The van der Waals surface area contributed by atoms with E-state index < -0.39 is 11.9 Å². The molecule has 0 atom stereocenters. The molecule has 1 amide bonds. The molecule has 0 spiro atoms. The minimum absolute atomic E-state index is 0.260. The fraction of sp³-hybridized carbons (Fsp3) is 0.0909. The lowest BCUT2D eigenvalue weighted by molar-refractivity contribution is -0.145. The summed E-state index contributed by atoms with van der Waals surface area (Å²) in [4.78, 5) is 23.8. The fourth-order valence-electron chi connectivity index (χ4n) is 1.39. The van der Waals surface area contributed by atoms with Gasteiger partial charge in [0.1, 0.15) is 0 Å². The zero-order valence-corrected chi connectivity index (χ0v) is 8.14. The van der Waals surface area contributed by atoms with Crippen LogP contribution in [-0.4, -0.2) is 11.9 Å². The molecular formula is C11H9NO3. The van der Waals surface area contributed by atoms with E-state index in [4.69, 9.17) is 4.74 Å². The zero-order chi connectivity index (χ0) is 10.8. The number of cyclic esters (lactones) is 1. The molecule has 0 radical (unpaired) electrons. The van der Waals surface area contributed by atoms with Gasteiger partial charge < -0.3 is 4.74 Å². The van der Waals surface area contributed by atoms with Gasteiger partial charge in [0.15, 0.2) is 0 Å². The second-order valence-electron chi connectivity index (χ2n) is 2.99. The van der Waals surface area contributed by atoms with Gasteiger partial charge in [0.2, 0.25) is 5.88 Å². The summed E-state index contributed by atoms with van der Waals surface area (Å²) in [6.45, 7) is 1.71. The van der Waals surface area contributed by atoms with E-state index in [-0.39, 0.29) is 5.88 Å². The van der Waals surface area contributed by atoms with Crippen LogP contribution in [0.4, 0.5) is 5.69 Å². The van der Waals surface area contributed by atoms with Crippen molar-refractivity contribution in [3.63, 3.8) is 0 Å². The van der Waals surface area contributed by atoms with Crippen LogP contribution in [0.2, 0.25) is 0 Å². The molecule has 4 heteroatoms. The highest BCUT2D eigenvalue weighted by Crippen LogP contribution is 2.24. The van der Waals surface area contributed by atoms with E-state index >= 15 is 0 Å². The van der Waals surface area contributed by atoms with Gasteiger partial charge in [-0.2, -0.15) is 0 Å². The van der Waals surface area contributed by atoms with Gasteiger partial charge in [0.25, 0.3) is 0 Å². The Morgan fingerprint density at radius 1 is 1.20 bits per heavy atom. The largest absolute Gasteiger partial charge is 0.404 e. The van der Waals surface area contributed by atoms with E-state index in [1.165, 1.54) is 4.90 Å². The van der Waals surface area contributed by atoms with Gasteiger partial charge in [-0.15, -0.1) is 0 Å². The van der Waals surface area contributed by atoms with E-state index in [1.807, 2.05) is 6.07 Å². The molecule has 1 aromatic rings. The van der Waals surface area contributed by atoms with Crippen molar-refractivity contribution in [2.75, 3.05) is 4.90 Å². The Morgan fingerprint density at radius 2 is 1.87 bits per heavy atom. The van der Waals surface area contributed by atoms with Gasteiger partial charge in [0, 0.05) is 0 Å². The van der Waals surface area contributed by atoms with E-state index in [9.17, 15) is 9.59 Å². The number of hydrogen-bond acceptors (Lipinski definition) is 3. The highest BCUT2D eigenvalue weighted by molar-refractivity contribution is 6.41. The quantitative estimate of drug-likeness (QED) is 0.512.